The van der Waals surface area contributed by atoms with Gasteiger partial charge in [-0.05, 0) is 33.2 Å². The summed E-state index contributed by atoms with van der Waals surface area (Å²) in [6.45, 7) is 8.68. The van der Waals surface area contributed by atoms with Crippen LogP contribution in [0.5, 0.6) is 0 Å². The number of aromatic nitrogens is 4. The molecule has 0 spiro atoms. The van der Waals surface area contributed by atoms with E-state index in [0.717, 1.165) is 67.7 Å². The van der Waals surface area contributed by atoms with Crippen LogP contribution < -0.4 is 10.2 Å². The van der Waals surface area contributed by atoms with Crippen LogP contribution in [-0.2, 0) is 26.1 Å². The summed E-state index contributed by atoms with van der Waals surface area (Å²) in [5.41, 5.74) is 4.37. The second kappa shape index (κ2) is 7.32. The Morgan fingerprint density at radius 3 is 2.96 bits per heavy atom. The Balaban J connectivity index is 1.62. The number of aliphatic hydroxyl groups is 1. The number of anilines is 1. The first-order valence-corrected chi connectivity index (χ1v) is 9.69. The average molecular weight is 356 g/mol. The van der Waals surface area contributed by atoms with Crippen LogP contribution in [0.4, 0.5) is 5.82 Å². The van der Waals surface area contributed by atoms with E-state index in [1.54, 1.807) is 0 Å². The minimum atomic E-state index is -0.00896. The highest BCUT2D eigenvalue weighted by Crippen LogP contribution is 2.29. The molecule has 0 radical (unpaired) electrons. The number of piperidine rings is 1. The summed E-state index contributed by atoms with van der Waals surface area (Å²) < 4.78 is 2.03. The van der Waals surface area contributed by atoms with Crippen molar-refractivity contribution in [2.24, 2.45) is 0 Å². The van der Waals surface area contributed by atoms with Crippen molar-refractivity contribution in [2.45, 2.75) is 58.7 Å². The summed E-state index contributed by atoms with van der Waals surface area (Å²) in [5.74, 6) is 2.30. The molecule has 0 amide bonds. The highest BCUT2D eigenvalue weighted by atomic mass is 16.3. The van der Waals surface area contributed by atoms with Crippen molar-refractivity contribution >= 4 is 5.82 Å². The largest absolute Gasteiger partial charge is 0.390 e. The van der Waals surface area contributed by atoms with Crippen molar-refractivity contribution in [3.05, 3.63) is 34.5 Å². The molecular formula is C19H28N6O. The van der Waals surface area contributed by atoms with Gasteiger partial charge in [-0.1, -0.05) is 0 Å². The van der Waals surface area contributed by atoms with E-state index < -0.39 is 0 Å². The van der Waals surface area contributed by atoms with E-state index in [-0.39, 0.29) is 6.61 Å². The lowest BCUT2D eigenvalue weighted by Gasteiger charge is -2.30. The Labute approximate surface area is 154 Å². The van der Waals surface area contributed by atoms with Crippen molar-refractivity contribution in [1.82, 2.24) is 25.1 Å². The Hall–Kier alpha value is -1.99. The molecule has 1 unspecified atom stereocenters. The lowest BCUT2D eigenvalue weighted by molar-refractivity contribution is 0.274. The molecule has 1 fully saturated rings. The van der Waals surface area contributed by atoms with Crippen LogP contribution >= 0.6 is 0 Å². The maximum absolute atomic E-state index is 9.69. The first kappa shape index (κ1) is 17.4. The Bertz CT molecular complexity index is 781. The number of aryl methyl sites for hydroxylation is 2. The molecule has 26 heavy (non-hydrogen) atoms. The third-order valence-corrected chi connectivity index (χ3v) is 5.55. The van der Waals surface area contributed by atoms with Crippen molar-refractivity contribution in [1.29, 1.82) is 0 Å². The highest BCUT2D eigenvalue weighted by Gasteiger charge is 2.26. The van der Waals surface area contributed by atoms with Crippen LogP contribution in [0.15, 0.2) is 6.07 Å². The van der Waals surface area contributed by atoms with Crippen molar-refractivity contribution < 1.29 is 5.11 Å². The van der Waals surface area contributed by atoms with Crippen LogP contribution in [0.1, 0.15) is 54.2 Å². The van der Waals surface area contributed by atoms with E-state index in [1.165, 1.54) is 18.5 Å². The number of aliphatic hydroxyl groups excluding tert-OH is 1. The zero-order valence-electron chi connectivity index (χ0n) is 15.7. The molecule has 4 rings (SSSR count). The standard InChI is InChI=1S/C19H28N6O/c1-3-25-18-6-8-24(11-15(18)17(12-26)23-25)19-9-16(21-13(2)22-19)14-5-4-7-20-10-14/h9,14,20,26H,3-8,10-12H2,1-2H3. The van der Waals surface area contributed by atoms with Crippen molar-refractivity contribution in [3.63, 3.8) is 0 Å². The van der Waals surface area contributed by atoms with E-state index in [1.807, 2.05) is 11.6 Å². The number of hydrogen-bond acceptors (Lipinski definition) is 6. The molecule has 2 aliphatic rings. The Morgan fingerprint density at radius 2 is 2.23 bits per heavy atom. The summed E-state index contributed by atoms with van der Waals surface area (Å²) >= 11 is 0. The smallest absolute Gasteiger partial charge is 0.132 e. The summed E-state index contributed by atoms with van der Waals surface area (Å²) in [5, 5.41) is 17.7. The van der Waals surface area contributed by atoms with Gasteiger partial charge in [0.2, 0.25) is 0 Å². The normalized spacial score (nSPS) is 20.3. The van der Waals surface area contributed by atoms with E-state index in [9.17, 15) is 5.11 Å². The van der Waals surface area contributed by atoms with Gasteiger partial charge in [0.05, 0.1) is 18.0 Å². The minimum absolute atomic E-state index is 0.00896. The van der Waals surface area contributed by atoms with E-state index in [0.29, 0.717) is 5.92 Å². The molecule has 4 heterocycles. The fraction of sp³-hybridized carbons (Fsp3) is 0.632. The molecule has 7 heteroatoms. The molecule has 140 valence electrons. The van der Waals surface area contributed by atoms with Crippen LogP contribution in [0, 0.1) is 6.92 Å². The second-order valence-corrected chi connectivity index (χ2v) is 7.26. The van der Waals surface area contributed by atoms with E-state index >= 15 is 0 Å². The van der Waals surface area contributed by atoms with Gasteiger partial charge < -0.3 is 15.3 Å². The van der Waals surface area contributed by atoms with Gasteiger partial charge in [-0.15, -0.1) is 0 Å². The third kappa shape index (κ3) is 3.21. The van der Waals surface area contributed by atoms with Gasteiger partial charge in [-0.25, -0.2) is 9.97 Å². The maximum atomic E-state index is 9.69. The molecule has 1 atom stereocenters. The summed E-state index contributed by atoms with van der Waals surface area (Å²) in [6.07, 6.45) is 3.32. The number of nitrogens with zero attached hydrogens (tertiary/aromatic N) is 5. The van der Waals surface area contributed by atoms with Crippen molar-refractivity contribution in [2.75, 3.05) is 24.5 Å². The quantitative estimate of drug-likeness (QED) is 0.865. The molecule has 2 aromatic rings. The fourth-order valence-corrected chi connectivity index (χ4v) is 4.20. The zero-order chi connectivity index (χ0) is 18.1. The van der Waals surface area contributed by atoms with E-state index in [2.05, 4.69) is 28.3 Å². The lowest BCUT2D eigenvalue weighted by atomic mass is 9.95. The second-order valence-electron chi connectivity index (χ2n) is 7.26. The number of rotatable bonds is 4. The monoisotopic (exact) mass is 356 g/mol. The van der Waals surface area contributed by atoms with Crippen molar-refractivity contribution in [3.8, 4) is 0 Å². The van der Waals surface area contributed by atoms with Crippen LogP contribution in [0.3, 0.4) is 0 Å². The Morgan fingerprint density at radius 1 is 1.35 bits per heavy atom. The van der Waals surface area contributed by atoms with Gasteiger partial charge in [0, 0.05) is 55.8 Å². The van der Waals surface area contributed by atoms with Gasteiger partial charge in [0.25, 0.3) is 0 Å². The predicted molar refractivity (Wildman–Crippen MR) is 100 cm³/mol. The molecule has 0 aromatic carbocycles. The van der Waals surface area contributed by atoms with Gasteiger partial charge in [0.15, 0.2) is 0 Å². The molecule has 2 aliphatic heterocycles. The number of hydrogen-bond donors (Lipinski definition) is 2. The topological polar surface area (TPSA) is 79.1 Å². The van der Waals surface area contributed by atoms with Gasteiger partial charge in [-0.3, -0.25) is 4.68 Å². The highest BCUT2D eigenvalue weighted by molar-refractivity contribution is 5.45. The van der Waals surface area contributed by atoms with Gasteiger partial charge >= 0.3 is 0 Å². The van der Waals surface area contributed by atoms with Crippen LogP contribution in [-0.4, -0.2) is 44.5 Å². The SMILES string of the molecule is CCn1nc(CO)c2c1CCN(c1cc(C3CCCNC3)nc(C)n1)C2. The van der Waals surface area contributed by atoms with Crippen LogP contribution in [0.25, 0.3) is 0 Å². The van der Waals surface area contributed by atoms with Crippen LogP contribution in [0.2, 0.25) is 0 Å². The third-order valence-electron chi connectivity index (χ3n) is 5.55. The summed E-state index contributed by atoms with van der Waals surface area (Å²) in [6, 6.07) is 2.17. The first-order valence-electron chi connectivity index (χ1n) is 9.69. The lowest BCUT2D eigenvalue weighted by Crippen LogP contribution is -2.33. The number of nitrogens with one attached hydrogen (secondary N) is 1. The predicted octanol–water partition coefficient (Wildman–Crippen LogP) is 1.52. The zero-order valence-corrected chi connectivity index (χ0v) is 15.7. The maximum Gasteiger partial charge on any atom is 0.132 e. The first-order chi connectivity index (χ1) is 12.7. The average Bonchev–Trinajstić information content (AvgIpc) is 3.05. The van der Waals surface area contributed by atoms with E-state index in [4.69, 9.17) is 9.97 Å². The summed E-state index contributed by atoms with van der Waals surface area (Å²) in [7, 11) is 0. The molecule has 7 nitrogen and oxygen atoms in total. The molecule has 1 saturated heterocycles. The molecule has 2 N–H and O–H groups in total. The van der Waals surface area contributed by atoms with Gasteiger partial charge in [0.1, 0.15) is 11.6 Å². The number of fused-ring (bicyclic) bond motifs is 1. The molecule has 0 aliphatic carbocycles. The Kier molecular flexibility index (Phi) is 4.91. The minimum Gasteiger partial charge on any atom is -0.390 e. The summed E-state index contributed by atoms with van der Waals surface area (Å²) in [4.78, 5) is 11.7. The van der Waals surface area contributed by atoms with Gasteiger partial charge in [-0.2, -0.15) is 5.10 Å². The fourth-order valence-electron chi connectivity index (χ4n) is 4.20. The molecular weight excluding hydrogens is 328 g/mol. The molecule has 0 bridgehead atoms. The molecule has 2 aromatic heterocycles. The molecule has 0 saturated carbocycles.